The van der Waals surface area contributed by atoms with E-state index in [0.29, 0.717) is 0 Å². The van der Waals surface area contributed by atoms with E-state index < -0.39 is 0 Å². The van der Waals surface area contributed by atoms with Crippen molar-refractivity contribution in [1.29, 1.82) is 0 Å². The van der Waals surface area contributed by atoms with Crippen LogP contribution in [0.4, 0.5) is 0 Å². The second-order valence-electron chi connectivity index (χ2n) is 6.50. The Morgan fingerprint density at radius 1 is 1.15 bits per heavy atom. The van der Waals surface area contributed by atoms with Crippen molar-refractivity contribution in [1.82, 2.24) is 29.7 Å². The van der Waals surface area contributed by atoms with Gasteiger partial charge in [0.15, 0.2) is 11.0 Å². The van der Waals surface area contributed by atoms with Crippen molar-refractivity contribution in [2.75, 3.05) is 0 Å². The molecule has 4 aromatic rings. The van der Waals surface area contributed by atoms with Gasteiger partial charge in [-0.05, 0) is 62.6 Å². The van der Waals surface area contributed by atoms with Gasteiger partial charge in [-0.15, -0.1) is 21.5 Å². The molecule has 8 heteroatoms. The first-order valence-corrected chi connectivity index (χ1v) is 10.7. The molecule has 5 rings (SSSR count). The summed E-state index contributed by atoms with van der Waals surface area (Å²) < 4.78 is 2.13. The molecule has 0 fully saturated rings. The number of pyridine rings is 1. The second kappa shape index (κ2) is 6.69. The highest BCUT2D eigenvalue weighted by Crippen LogP contribution is 2.42. The number of aromatic nitrogens is 6. The first-order valence-electron chi connectivity index (χ1n) is 9.05. The molecule has 0 unspecified atom stereocenters. The summed E-state index contributed by atoms with van der Waals surface area (Å²) in [5, 5.41) is 12.0. The van der Waals surface area contributed by atoms with E-state index >= 15 is 0 Å². The third kappa shape index (κ3) is 2.83. The Morgan fingerprint density at radius 3 is 2.81 bits per heavy atom. The van der Waals surface area contributed by atoms with Crippen LogP contribution in [0.15, 0.2) is 34.7 Å². The summed E-state index contributed by atoms with van der Waals surface area (Å²) in [7, 11) is 0. The Morgan fingerprint density at radius 2 is 2.00 bits per heavy atom. The second-order valence-corrected chi connectivity index (χ2v) is 8.54. The Bertz CT molecular complexity index is 1130. The SMILES string of the molecule is CCn1c(Sc2nc(C)nc3sc4c(c23)CCC4)nnc1-c1ccncc1. The molecule has 4 heterocycles. The summed E-state index contributed by atoms with van der Waals surface area (Å²) in [4.78, 5) is 16.1. The van der Waals surface area contributed by atoms with Crippen molar-refractivity contribution >= 4 is 33.3 Å². The zero-order valence-corrected chi connectivity index (χ0v) is 16.8. The highest BCUT2D eigenvalue weighted by Gasteiger charge is 2.24. The summed E-state index contributed by atoms with van der Waals surface area (Å²) >= 11 is 3.42. The van der Waals surface area contributed by atoms with Crippen molar-refractivity contribution in [3.8, 4) is 11.4 Å². The summed E-state index contributed by atoms with van der Waals surface area (Å²) in [6.45, 7) is 4.87. The average molecular weight is 395 g/mol. The first-order chi connectivity index (χ1) is 13.2. The van der Waals surface area contributed by atoms with Gasteiger partial charge in [0, 0.05) is 34.8 Å². The van der Waals surface area contributed by atoms with Crippen LogP contribution in [0.1, 0.15) is 29.6 Å². The van der Waals surface area contributed by atoms with Gasteiger partial charge in [-0.3, -0.25) is 4.98 Å². The fourth-order valence-corrected chi connectivity index (χ4v) is 6.04. The number of thiophene rings is 1. The van der Waals surface area contributed by atoms with E-state index in [0.717, 1.165) is 51.6 Å². The third-order valence-electron chi connectivity index (χ3n) is 4.80. The normalized spacial score (nSPS) is 13.4. The topological polar surface area (TPSA) is 69.4 Å². The monoisotopic (exact) mass is 394 g/mol. The molecule has 27 heavy (non-hydrogen) atoms. The van der Waals surface area contributed by atoms with E-state index in [1.807, 2.05) is 30.4 Å². The number of aryl methyl sites for hydroxylation is 3. The van der Waals surface area contributed by atoms with E-state index in [1.165, 1.54) is 22.2 Å². The van der Waals surface area contributed by atoms with Crippen LogP contribution in [-0.4, -0.2) is 29.7 Å². The van der Waals surface area contributed by atoms with Crippen LogP contribution in [0.5, 0.6) is 0 Å². The minimum absolute atomic E-state index is 0.794. The summed E-state index contributed by atoms with van der Waals surface area (Å²) in [6.07, 6.45) is 7.08. The minimum atomic E-state index is 0.794. The molecular weight excluding hydrogens is 376 g/mol. The van der Waals surface area contributed by atoms with Crippen molar-refractivity contribution in [2.24, 2.45) is 0 Å². The third-order valence-corrected chi connectivity index (χ3v) is 6.96. The van der Waals surface area contributed by atoms with Crippen LogP contribution < -0.4 is 0 Å². The van der Waals surface area contributed by atoms with Gasteiger partial charge in [0.2, 0.25) is 0 Å². The van der Waals surface area contributed by atoms with Crippen LogP contribution in [0, 0.1) is 6.92 Å². The average Bonchev–Trinajstić information content (AvgIpc) is 3.36. The molecule has 1 aliphatic rings. The lowest BCUT2D eigenvalue weighted by Gasteiger charge is -2.08. The van der Waals surface area contributed by atoms with Gasteiger partial charge in [0.05, 0.1) is 0 Å². The zero-order chi connectivity index (χ0) is 18.4. The van der Waals surface area contributed by atoms with Crippen LogP contribution in [-0.2, 0) is 19.4 Å². The van der Waals surface area contributed by atoms with Gasteiger partial charge in [-0.2, -0.15) is 0 Å². The van der Waals surface area contributed by atoms with Crippen molar-refractivity contribution in [3.05, 3.63) is 40.8 Å². The number of nitrogens with zero attached hydrogens (tertiary/aromatic N) is 6. The number of fused-ring (bicyclic) bond motifs is 3. The van der Waals surface area contributed by atoms with Crippen LogP contribution in [0.3, 0.4) is 0 Å². The maximum Gasteiger partial charge on any atom is 0.197 e. The summed E-state index contributed by atoms with van der Waals surface area (Å²) in [5.74, 6) is 1.67. The molecule has 0 spiro atoms. The van der Waals surface area contributed by atoms with Gasteiger partial charge in [0.25, 0.3) is 0 Å². The predicted octanol–water partition coefficient (Wildman–Crippen LogP) is 4.31. The smallest absolute Gasteiger partial charge is 0.197 e. The lowest BCUT2D eigenvalue weighted by atomic mass is 10.2. The van der Waals surface area contributed by atoms with Gasteiger partial charge in [-0.25, -0.2) is 9.97 Å². The van der Waals surface area contributed by atoms with Gasteiger partial charge in [-0.1, -0.05) is 0 Å². The zero-order valence-electron chi connectivity index (χ0n) is 15.1. The van der Waals surface area contributed by atoms with Gasteiger partial charge >= 0.3 is 0 Å². The molecule has 0 aromatic carbocycles. The molecular formula is C19H18N6S2. The van der Waals surface area contributed by atoms with Crippen molar-refractivity contribution < 1.29 is 0 Å². The molecule has 0 N–H and O–H groups in total. The summed E-state index contributed by atoms with van der Waals surface area (Å²) in [6, 6.07) is 3.92. The maximum atomic E-state index is 4.77. The van der Waals surface area contributed by atoms with Crippen LogP contribution in [0.2, 0.25) is 0 Å². The highest BCUT2D eigenvalue weighted by molar-refractivity contribution is 7.99. The Labute approximate surface area is 165 Å². The lowest BCUT2D eigenvalue weighted by Crippen LogP contribution is -2.00. The van der Waals surface area contributed by atoms with E-state index in [9.17, 15) is 0 Å². The molecule has 1 aliphatic carbocycles. The maximum absolute atomic E-state index is 4.77. The Balaban J connectivity index is 1.61. The molecule has 0 saturated carbocycles. The Kier molecular flexibility index (Phi) is 4.17. The molecule has 0 amide bonds. The fourth-order valence-electron chi connectivity index (χ4n) is 3.59. The van der Waals surface area contributed by atoms with Crippen LogP contribution in [0.25, 0.3) is 21.6 Å². The number of hydrogen-bond donors (Lipinski definition) is 0. The number of rotatable bonds is 4. The standard InChI is InChI=1S/C19H18N6S2/c1-3-25-16(12-7-9-20-10-8-12)23-24-19(25)27-18-15-13-5-4-6-14(13)26-17(15)21-11(2)22-18/h7-10H,3-6H2,1-2H3. The number of hydrogen-bond acceptors (Lipinski definition) is 7. The molecule has 0 saturated heterocycles. The first kappa shape index (κ1) is 16.8. The summed E-state index contributed by atoms with van der Waals surface area (Å²) in [5.41, 5.74) is 2.46. The van der Waals surface area contributed by atoms with Crippen molar-refractivity contribution in [3.63, 3.8) is 0 Å². The molecule has 0 aliphatic heterocycles. The van der Waals surface area contributed by atoms with Crippen LogP contribution >= 0.6 is 23.1 Å². The van der Waals surface area contributed by atoms with E-state index in [1.54, 1.807) is 24.2 Å². The van der Waals surface area contributed by atoms with E-state index in [2.05, 4.69) is 31.7 Å². The lowest BCUT2D eigenvalue weighted by molar-refractivity contribution is 0.686. The quantitative estimate of drug-likeness (QED) is 0.480. The highest BCUT2D eigenvalue weighted by atomic mass is 32.2. The molecule has 0 atom stereocenters. The fraction of sp³-hybridized carbons (Fsp3) is 0.316. The predicted molar refractivity (Wildman–Crippen MR) is 107 cm³/mol. The minimum Gasteiger partial charge on any atom is -0.302 e. The molecule has 136 valence electrons. The molecule has 4 aromatic heterocycles. The van der Waals surface area contributed by atoms with Gasteiger partial charge in [0.1, 0.15) is 15.7 Å². The van der Waals surface area contributed by atoms with Gasteiger partial charge < -0.3 is 4.57 Å². The Hall–Kier alpha value is -2.32. The largest absolute Gasteiger partial charge is 0.302 e. The molecule has 0 bridgehead atoms. The molecule has 6 nitrogen and oxygen atoms in total. The van der Waals surface area contributed by atoms with E-state index in [4.69, 9.17) is 4.98 Å². The van der Waals surface area contributed by atoms with E-state index in [-0.39, 0.29) is 0 Å². The molecule has 0 radical (unpaired) electrons. The van der Waals surface area contributed by atoms with Crippen molar-refractivity contribution in [2.45, 2.75) is 49.8 Å².